The zero-order valence-corrected chi connectivity index (χ0v) is 38.9. The van der Waals surface area contributed by atoms with Gasteiger partial charge in [-0.05, 0) is 72.8 Å². The zero-order valence-electron chi connectivity index (χ0n) is 35.9. The van der Waals surface area contributed by atoms with E-state index in [-0.39, 0.29) is 20.8 Å². The molecule has 0 radical (unpaired) electrons. The molecule has 1 N–H and O–H groups in total. The second-order valence-electron chi connectivity index (χ2n) is 19.9. The van der Waals surface area contributed by atoms with Crippen molar-refractivity contribution in [3.8, 4) is 5.88 Å². The fourth-order valence-electron chi connectivity index (χ4n) is 5.58. The van der Waals surface area contributed by atoms with E-state index in [1.165, 1.54) is 12.1 Å². The molecule has 1 aliphatic heterocycles. The smallest absolute Gasteiger partial charge is 0.269 e. The maximum absolute atomic E-state index is 11.1. The summed E-state index contributed by atoms with van der Waals surface area (Å²) in [6.45, 7) is 34.6. The topological polar surface area (TPSA) is 145 Å². The van der Waals surface area contributed by atoms with Crippen molar-refractivity contribution in [1.29, 1.82) is 0 Å². The number of hydrogen-bond acceptors (Lipinski definition) is 11. The van der Waals surface area contributed by atoms with Crippen LogP contribution in [0.1, 0.15) is 86.9 Å². The van der Waals surface area contributed by atoms with E-state index in [9.17, 15) is 10.1 Å². The van der Waals surface area contributed by atoms with Crippen LogP contribution in [0, 0.1) is 10.1 Å². The van der Waals surface area contributed by atoms with Gasteiger partial charge in [0.15, 0.2) is 42.3 Å². The first-order valence-electron chi connectivity index (χ1n) is 19.7. The minimum absolute atomic E-state index is 0.0230. The Bertz CT molecular complexity index is 1810. The van der Waals surface area contributed by atoms with Gasteiger partial charge in [-0.25, -0.2) is 4.98 Å². The number of nitro benzene ring substituents is 1. The van der Waals surface area contributed by atoms with E-state index >= 15 is 0 Å². The molecule has 2 aromatic heterocycles. The van der Waals surface area contributed by atoms with Crippen LogP contribution in [-0.4, -0.2) is 87.0 Å². The lowest BCUT2D eigenvalue weighted by atomic mass is 10.1. The lowest BCUT2D eigenvalue weighted by molar-refractivity contribution is -0.384. The van der Waals surface area contributed by atoms with E-state index in [2.05, 4.69) is 107 Å². The average Bonchev–Trinajstić information content (AvgIpc) is 3.67. The van der Waals surface area contributed by atoms with E-state index in [0.29, 0.717) is 48.7 Å². The number of anilines is 1. The lowest BCUT2D eigenvalue weighted by Gasteiger charge is -2.44. The van der Waals surface area contributed by atoms with Gasteiger partial charge in [-0.1, -0.05) is 74.4 Å². The van der Waals surface area contributed by atoms with Gasteiger partial charge in [-0.15, -0.1) is 0 Å². The van der Waals surface area contributed by atoms with Crippen molar-refractivity contribution in [2.75, 3.05) is 18.5 Å². The highest BCUT2D eigenvalue weighted by Gasteiger charge is 2.55. The Labute approximate surface area is 331 Å². The van der Waals surface area contributed by atoms with E-state index < -0.39 is 54.4 Å². The lowest BCUT2D eigenvalue weighted by Crippen LogP contribution is -2.54. The second kappa shape index (κ2) is 15.5. The third-order valence-electron chi connectivity index (χ3n) is 12.5. The summed E-state index contributed by atoms with van der Waals surface area (Å²) < 4.78 is 37.1. The summed E-state index contributed by atoms with van der Waals surface area (Å²) in [5.74, 6) is 0.828. The molecular formula is C39H66N6O7Si3. The molecule has 1 saturated carbocycles. The molecule has 1 aliphatic carbocycles. The van der Waals surface area contributed by atoms with Crippen molar-refractivity contribution >= 4 is 47.8 Å². The fraction of sp³-hybridized carbons (Fsp3) is 0.718. The standard InChI is InChI=1S/C39H66N6O7Si3/c1-37(2,3)53(10,11)49-24-29-31(51-54(12,13)38(4,5)6)32(52-55(14,15)39(7,8)9)35(50-29)44-25-40-30-33(44)42-36(41-27-18-19-27)43-34(30)48-23-22-26-16-20-28(21-17-26)45(46)47/h16-17,20-21,25,27,29,31-32,35H,18-19,22-24H2,1-15H3,(H,41,42,43)/t29-,31-,32-,35-/m1/s1. The number of rotatable bonds is 15. The normalized spacial score (nSPS) is 21.7. The van der Waals surface area contributed by atoms with Crippen molar-refractivity contribution < 1.29 is 27.7 Å². The summed E-state index contributed by atoms with van der Waals surface area (Å²) >= 11 is 0. The predicted octanol–water partition coefficient (Wildman–Crippen LogP) is 9.63. The van der Waals surface area contributed by atoms with E-state index in [1.807, 2.05) is 4.57 Å². The monoisotopic (exact) mass is 814 g/mol. The van der Waals surface area contributed by atoms with Crippen LogP contribution in [0.25, 0.3) is 11.2 Å². The summed E-state index contributed by atoms with van der Waals surface area (Å²) in [6, 6.07) is 6.82. The van der Waals surface area contributed by atoms with Gasteiger partial charge in [0.2, 0.25) is 11.8 Å². The zero-order chi connectivity index (χ0) is 40.9. The van der Waals surface area contributed by atoms with Crippen LogP contribution in [0.2, 0.25) is 54.4 Å². The number of fused-ring (bicyclic) bond motifs is 1. The second-order valence-corrected chi connectivity index (χ2v) is 34.3. The Kier molecular flexibility index (Phi) is 12.3. The van der Waals surface area contributed by atoms with Crippen LogP contribution in [0.4, 0.5) is 11.6 Å². The highest BCUT2D eigenvalue weighted by molar-refractivity contribution is 6.75. The molecule has 2 fully saturated rings. The quantitative estimate of drug-likeness (QED) is 0.0890. The number of hydrogen-bond donors (Lipinski definition) is 1. The van der Waals surface area contributed by atoms with E-state index in [4.69, 9.17) is 37.7 Å². The molecule has 0 amide bonds. The van der Waals surface area contributed by atoms with E-state index in [0.717, 1.165) is 18.4 Å². The molecule has 16 heteroatoms. The Morgan fingerprint density at radius 1 is 0.855 bits per heavy atom. The average molecular weight is 815 g/mol. The SMILES string of the molecule is CC(C)(C)[Si](C)(C)OC[C@H]1O[C@@H](n2cnc3c(OCCc4ccc([N+](=O)[O-])cc4)nc(NC4CC4)nc32)[C@H](O[Si](C)(C)C(C)(C)C)[C@@H]1O[Si](C)(C)C(C)(C)C. The number of non-ortho nitro benzene ring substituents is 1. The summed E-state index contributed by atoms with van der Waals surface area (Å²) in [6.07, 6.45) is 2.51. The molecule has 0 bridgehead atoms. The number of benzene rings is 1. The van der Waals surface area contributed by atoms with Crippen molar-refractivity contribution in [3.05, 3.63) is 46.3 Å². The van der Waals surface area contributed by atoms with Crippen LogP contribution in [0.15, 0.2) is 30.6 Å². The summed E-state index contributed by atoms with van der Waals surface area (Å²) in [4.78, 5) is 25.4. The van der Waals surface area contributed by atoms with Crippen LogP contribution in [0.5, 0.6) is 5.88 Å². The van der Waals surface area contributed by atoms with Crippen molar-refractivity contribution in [2.45, 2.75) is 167 Å². The Hall–Kier alpha value is -2.74. The number of aromatic nitrogens is 4. The van der Waals surface area contributed by atoms with Crippen molar-refractivity contribution in [3.63, 3.8) is 0 Å². The van der Waals surface area contributed by atoms with Gasteiger partial charge in [0.25, 0.3) is 5.69 Å². The van der Waals surface area contributed by atoms with Gasteiger partial charge in [0.1, 0.15) is 18.3 Å². The fourth-order valence-corrected chi connectivity index (χ4v) is 9.20. The molecule has 3 heterocycles. The Balaban J connectivity index is 1.57. The molecule has 0 spiro atoms. The molecule has 3 aromatic rings. The largest absolute Gasteiger partial charge is 0.476 e. The Morgan fingerprint density at radius 2 is 1.42 bits per heavy atom. The van der Waals surface area contributed by atoms with Gasteiger partial charge >= 0.3 is 0 Å². The molecule has 55 heavy (non-hydrogen) atoms. The first-order chi connectivity index (χ1) is 25.2. The number of ether oxygens (including phenoxy) is 2. The van der Waals surface area contributed by atoms with E-state index in [1.54, 1.807) is 18.5 Å². The third-order valence-corrected chi connectivity index (χ3v) is 26.0. The maximum atomic E-state index is 11.1. The first kappa shape index (κ1) is 43.4. The molecule has 306 valence electrons. The van der Waals surface area contributed by atoms with Crippen LogP contribution >= 0.6 is 0 Å². The molecular weight excluding hydrogens is 749 g/mol. The van der Waals surface area contributed by atoms with Gasteiger partial charge in [-0.3, -0.25) is 14.7 Å². The van der Waals surface area contributed by atoms with Gasteiger partial charge in [0, 0.05) is 24.6 Å². The summed E-state index contributed by atoms with van der Waals surface area (Å²) in [5, 5.41) is 14.5. The van der Waals surface area contributed by atoms with Crippen LogP contribution in [0.3, 0.4) is 0 Å². The molecule has 13 nitrogen and oxygen atoms in total. The number of nitro groups is 1. The predicted molar refractivity (Wildman–Crippen MR) is 225 cm³/mol. The molecule has 1 aromatic carbocycles. The Morgan fingerprint density at radius 3 is 1.95 bits per heavy atom. The van der Waals surface area contributed by atoms with Crippen LogP contribution in [-0.2, 0) is 24.4 Å². The highest BCUT2D eigenvalue weighted by Crippen LogP contribution is 2.47. The first-order valence-corrected chi connectivity index (χ1v) is 28.5. The molecule has 5 rings (SSSR count). The highest BCUT2D eigenvalue weighted by atomic mass is 28.4. The number of nitrogens with zero attached hydrogens (tertiary/aromatic N) is 5. The molecule has 1 saturated heterocycles. The van der Waals surface area contributed by atoms with Gasteiger partial charge < -0.3 is 28.1 Å². The van der Waals surface area contributed by atoms with Gasteiger partial charge in [0.05, 0.1) is 24.5 Å². The number of imidazole rings is 1. The minimum Gasteiger partial charge on any atom is -0.476 e. The molecule has 4 atom stereocenters. The van der Waals surface area contributed by atoms with Crippen LogP contribution < -0.4 is 10.1 Å². The summed E-state index contributed by atoms with van der Waals surface area (Å²) in [7, 11) is -6.87. The molecule has 2 aliphatic rings. The number of nitrogens with one attached hydrogen (secondary N) is 1. The maximum Gasteiger partial charge on any atom is 0.269 e. The van der Waals surface area contributed by atoms with Crippen molar-refractivity contribution in [2.24, 2.45) is 0 Å². The van der Waals surface area contributed by atoms with Crippen molar-refractivity contribution in [1.82, 2.24) is 19.5 Å². The minimum atomic E-state index is -2.39. The van der Waals surface area contributed by atoms with Gasteiger partial charge in [-0.2, -0.15) is 9.97 Å². The molecule has 0 unspecified atom stereocenters. The third kappa shape index (κ3) is 9.87. The summed E-state index contributed by atoms with van der Waals surface area (Å²) in [5.41, 5.74) is 2.07.